The summed E-state index contributed by atoms with van der Waals surface area (Å²) in [6.07, 6.45) is 1.65. The second-order valence-corrected chi connectivity index (χ2v) is 9.45. The lowest BCUT2D eigenvalue weighted by Crippen LogP contribution is -2.40. The normalized spacial score (nSPS) is 19.8. The highest BCUT2D eigenvalue weighted by Gasteiger charge is 2.35. The Morgan fingerprint density at radius 2 is 1.72 bits per heavy atom. The highest BCUT2D eigenvalue weighted by Crippen LogP contribution is 2.30. The molecule has 8 nitrogen and oxygen atoms in total. The first-order valence-corrected chi connectivity index (χ1v) is 12.4. The number of nitrogens with zero attached hydrogens (tertiary/aromatic N) is 4. The average molecular weight is 501 g/mol. The molecule has 3 aromatic rings. The molecular weight excluding hydrogens is 476 g/mol. The van der Waals surface area contributed by atoms with Gasteiger partial charge in [0.25, 0.3) is 11.5 Å². The smallest absolute Gasteiger partial charge is 0.338 e. The Morgan fingerprint density at radius 3 is 2.39 bits per heavy atom. The Hall–Kier alpha value is -4.11. The largest absolute Gasteiger partial charge is 0.463 e. The van der Waals surface area contributed by atoms with E-state index < -0.39 is 17.9 Å². The number of carbonyl (C=O) groups excluding carboxylic acids is 2. The monoisotopic (exact) mass is 500 g/mol. The minimum Gasteiger partial charge on any atom is -0.463 e. The maximum atomic E-state index is 13.7. The molecule has 0 saturated carbocycles. The van der Waals surface area contributed by atoms with Gasteiger partial charge in [0.2, 0.25) is 0 Å². The van der Waals surface area contributed by atoms with Crippen LogP contribution in [-0.2, 0) is 14.3 Å². The molecule has 9 heteroatoms. The summed E-state index contributed by atoms with van der Waals surface area (Å²) in [6, 6.07) is 17.8. The Kier molecular flexibility index (Phi) is 6.24. The number of carbonyl (C=O) groups is 2. The van der Waals surface area contributed by atoms with Crippen LogP contribution in [0.15, 0.2) is 86.8 Å². The molecule has 0 spiro atoms. The molecule has 36 heavy (non-hydrogen) atoms. The minimum atomic E-state index is -0.682. The van der Waals surface area contributed by atoms with Gasteiger partial charge in [0.1, 0.15) is 5.92 Å². The molecule has 0 aliphatic carbocycles. The fourth-order valence-corrected chi connectivity index (χ4v) is 5.49. The van der Waals surface area contributed by atoms with Crippen molar-refractivity contribution < 1.29 is 14.3 Å². The predicted molar refractivity (Wildman–Crippen MR) is 138 cm³/mol. The zero-order valence-electron chi connectivity index (χ0n) is 20.0. The van der Waals surface area contributed by atoms with Crippen molar-refractivity contribution in [2.75, 3.05) is 11.6 Å². The van der Waals surface area contributed by atoms with Gasteiger partial charge in [-0.05, 0) is 44.5 Å². The summed E-state index contributed by atoms with van der Waals surface area (Å²) in [6.45, 7) is 5.47. The van der Waals surface area contributed by atoms with Gasteiger partial charge in [-0.2, -0.15) is 10.1 Å². The molecule has 0 unspecified atom stereocenters. The topological polar surface area (TPSA) is 93.3 Å². The lowest BCUT2D eigenvalue weighted by molar-refractivity contribution is -0.139. The molecule has 2 atom stereocenters. The van der Waals surface area contributed by atoms with Crippen molar-refractivity contribution >= 4 is 40.7 Å². The zero-order chi connectivity index (χ0) is 25.4. The molecule has 0 bridgehead atoms. The van der Waals surface area contributed by atoms with Crippen LogP contribution in [0.5, 0.6) is 0 Å². The number of anilines is 1. The molecule has 1 aromatic heterocycles. The number of fused-ring (bicyclic) bond motifs is 1. The Labute approximate surface area is 211 Å². The van der Waals surface area contributed by atoms with Crippen LogP contribution >= 0.6 is 11.3 Å². The Bertz CT molecular complexity index is 1590. The number of allylic oxidation sites excluding steroid dienone is 1. The molecule has 5 rings (SSSR count). The van der Waals surface area contributed by atoms with E-state index in [0.717, 1.165) is 5.56 Å². The lowest BCUT2D eigenvalue weighted by atomic mass is 9.96. The number of thiazole rings is 1. The first kappa shape index (κ1) is 23.6. The fraction of sp³-hybridized carbons (Fsp3) is 0.222. The van der Waals surface area contributed by atoms with Crippen LogP contribution in [0.2, 0.25) is 0 Å². The van der Waals surface area contributed by atoms with E-state index in [4.69, 9.17) is 4.74 Å². The fourth-order valence-electron chi connectivity index (χ4n) is 4.43. The first-order valence-electron chi connectivity index (χ1n) is 11.6. The Balaban J connectivity index is 1.62. The second-order valence-electron chi connectivity index (χ2n) is 8.44. The molecule has 182 valence electrons. The molecule has 0 N–H and O–H groups in total. The van der Waals surface area contributed by atoms with E-state index >= 15 is 0 Å². The highest BCUT2D eigenvalue weighted by atomic mass is 32.1. The van der Waals surface area contributed by atoms with Crippen molar-refractivity contribution in [1.29, 1.82) is 0 Å². The molecule has 3 heterocycles. The number of hydrogen-bond acceptors (Lipinski definition) is 7. The molecule has 2 aliphatic heterocycles. The first-order chi connectivity index (χ1) is 17.4. The van der Waals surface area contributed by atoms with Crippen molar-refractivity contribution in [3.8, 4) is 0 Å². The van der Waals surface area contributed by atoms with Crippen LogP contribution in [0.1, 0.15) is 32.4 Å². The number of ether oxygens (including phenoxy) is 1. The Morgan fingerprint density at radius 1 is 1.06 bits per heavy atom. The second kappa shape index (κ2) is 9.50. The standard InChI is InChI=1S/C27H24N4O4S/c1-4-35-26(34)22-17(3)28-27-30(23(22)18-11-7-5-8-12-18)25(33)21(36-27)15-20-16(2)29-31(24(20)32)19-13-9-6-10-14-19/h5-15,20,23H,4H2,1-3H3/b21-15+/t20-,23-/m0/s1. The SMILES string of the molecule is CCOC(=O)C1=C(C)N=c2s/c(=C/[C@@H]3C(=O)N(c4ccccc4)N=C3C)c(=O)n2[C@H]1c1ccccc1. The molecule has 2 aromatic carbocycles. The number of rotatable bonds is 5. The van der Waals surface area contributed by atoms with Gasteiger partial charge in [0, 0.05) is 0 Å². The van der Waals surface area contributed by atoms with Crippen LogP contribution in [0.4, 0.5) is 5.69 Å². The summed E-state index contributed by atoms with van der Waals surface area (Å²) in [5.74, 6) is -1.41. The lowest BCUT2D eigenvalue weighted by Gasteiger charge is -2.24. The molecular formula is C27H24N4O4S. The third-order valence-electron chi connectivity index (χ3n) is 6.13. The van der Waals surface area contributed by atoms with E-state index in [1.807, 2.05) is 60.7 Å². The summed E-state index contributed by atoms with van der Waals surface area (Å²) in [4.78, 5) is 44.9. The van der Waals surface area contributed by atoms with Crippen molar-refractivity contribution in [3.05, 3.63) is 97.2 Å². The third kappa shape index (κ3) is 4.01. The molecule has 0 radical (unpaired) electrons. The van der Waals surface area contributed by atoms with Gasteiger partial charge in [-0.25, -0.2) is 9.79 Å². The minimum absolute atomic E-state index is 0.210. The zero-order valence-corrected chi connectivity index (χ0v) is 20.9. The van der Waals surface area contributed by atoms with E-state index in [0.29, 0.717) is 32.0 Å². The molecule has 0 fully saturated rings. The number of hydrazone groups is 1. The third-order valence-corrected chi connectivity index (χ3v) is 7.13. The van der Waals surface area contributed by atoms with Crippen LogP contribution in [0, 0.1) is 5.92 Å². The van der Waals surface area contributed by atoms with Crippen LogP contribution < -0.4 is 19.9 Å². The van der Waals surface area contributed by atoms with Crippen LogP contribution in [-0.4, -0.2) is 28.8 Å². The van der Waals surface area contributed by atoms with Gasteiger partial charge in [0.15, 0.2) is 4.80 Å². The summed E-state index contributed by atoms with van der Waals surface area (Å²) in [7, 11) is 0. The number of esters is 1. The van der Waals surface area contributed by atoms with Crippen molar-refractivity contribution in [2.45, 2.75) is 26.8 Å². The number of hydrogen-bond donors (Lipinski definition) is 0. The van der Waals surface area contributed by atoms with Crippen LogP contribution in [0.25, 0.3) is 6.08 Å². The summed E-state index contributed by atoms with van der Waals surface area (Å²) < 4.78 is 7.20. The number of para-hydroxylation sites is 1. The van der Waals surface area contributed by atoms with Gasteiger partial charge >= 0.3 is 5.97 Å². The van der Waals surface area contributed by atoms with E-state index in [2.05, 4.69) is 10.1 Å². The summed E-state index contributed by atoms with van der Waals surface area (Å²) in [5.41, 5.74) is 2.54. The van der Waals surface area contributed by atoms with E-state index in [1.54, 1.807) is 26.8 Å². The molecule has 2 aliphatic rings. The van der Waals surface area contributed by atoms with Crippen molar-refractivity contribution in [2.24, 2.45) is 16.0 Å². The van der Waals surface area contributed by atoms with Gasteiger partial charge in [-0.1, -0.05) is 59.9 Å². The molecule has 1 amide bonds. The van der Waals surface area contributed by atoms with Crippen molar-refractivity contribution in [1.82, 2.24) is 4.57 Å². The van der Waals surface area contributed by atoms with E-state index in [-0.39, 0.29) is 18.1 Å². The number of amides is 1. The van der Waals surface area contributed by atoms with Gasteiger partial charge in [-0.15, -0.1) is 0 Å². The van der Waals surface area contributed by atoms with Gasteiger partial charge < -0.3 is 4.74 Å². The van der Waals surface area contributed by atoms with E-state index in [1.165, 1.54) is 20.9 Å². The number of aromatic nitrogens is 1. The maximum Gasteiger partial charge on any atom is 0.338 e. The van der Waals surface area contributed by atoms with Crippen molar-refractivity contribution in [3.63, 3.8) is 0 Å². The van der Waals surface area contributed by atoms with Gasteiger partial charge in [0.05, 0.1) is 39.9 Å². The number of benzene rings is 2. The highest BCUT2D eigenvalue weighted by molar-refractivity contribution is 7.07. The quantitative estimate of drug-likeness (QED) is 0.504. The average Bonchev–Trinajstić information content (AvgIpc) is 3.34. The maximum absolute atomic E-state index is 13.7. The summed E-state index contributed by atoms with van der Waals surface area (Å²) in [5, 5.41) is 5.80. The van der Waals surface area contributed by atoms with Crippen LogP contribution in [0.3, 0.4) is 0 Å². The summed E-state index contributed by atoms with van der Waals surface area (Å²) >= 11 is 1.20. The van der Waals surface area contributed by atoms with E-state index in [9.17, 15) is 14.4 Å². The molecule has 0 saturated heterocycles. The predicted octanol–water partition coefficient (Wildman–Crippen LogP) is 2.79. The van der Waals surface area contributed by atoms with Gasteiger partial charge in [-0.3, -0.25) is 14.2 Å².